The number of hydrogen-bond donors (Lipinski definition) is 0. The zero-order valence-corrected chi connectivity index (χ0v) is 202. The molecule has 12 bridgehead atoms. The molecule has 12 aliphatic rings. The molecular formula is C89H152F8O12Rf18-6. The molecule has 0 N–H and O–H groups in total. The Morgan fingerprint density at radius 2 is 0.677 bits per heavy atom. The van der Waals surface area contributed by atoms with Gasteiger partial charge < -0.3 is 47.7 Å². The first kappa shape index (κ1) is 150. The van der Waals surface area contributed by atoms with Crippen LogP contribution in [0.4, 0.5) is 35.1 Å². The predicted molar refractivity (Wildman–Crippen MR) is 420 cm³/mol. The minimum absolute atomic E-state index is 0. The summed E-state index contributed by atoms with van der Waals surface area (Å²) in [6.45, 7) is 62.0. The fourth-order valence-electron chi connectivity index (χ4n) is 17.6. The average Bonchev–Trinajstić information content (AvgIpc) is 1.55. The summed E-state index contributed by atoms with van der Waals surface area (Å²) in [6.07, 6.45) is 12.4. The van der Waals surface area contributed by atoms with Crippen molar-refractivity contribution < 1.29 is 92.3 Å². The third-order valence-corrected chi connectivity index (χ3v) is 21.7. The summed E-state index contributed by atoms with van der Waals surface area (Å²) >= 11 is 0. The van der Waals surface area contributed by atoms with Crippen molar-refractivity contribution in [2.45, 2.75) is 421 Å². The van der Waals surface area contributed by atoms with Gasteiger partial charge in [0.05, 0.1) is 5.67 Å². The number of rotatable bonds is 6. The number of hydrogen-bond acceptors (Lipinski definition) is 12. The molecule has 678 valence electrons. The fraction of sp³-hybridized carbons (Fsp3) is 0.865. The molecule has 0 amide bonds. The second-order valence-electron chi connectivity index (χ2n) is 37.8. The smallest absolute Gasteiger partial charge is 0.402 e. The summed E-state index contributed by atoms with van der Waals surface area (Å²) in [5.74, 6) is -0.321. The molecule has 12 aliphatic carbocycles. The van der Waals surface area contributed by atoms with Crippen molar-refractivity contribution in [3.05, 3.63) is 37.0 Å². The topological polar surface area (TPSA) is 158 Å². The molecule has 0 aromatic heterocycles. The predicted octanol–water partition coefficient (Wildman–Crippen LogP) is 25.3. The molecule has 15 unspecified atom stereocenters. The minimum atomic E-state index is -4.57. The van der Waals surface area contributed by atoms with Crippen LogP contribution < -0.4 is 0 Å². The summed E-state index contributed by atoms with van der Waals surface area (Å²) < 4.78 is 141. The van der Waals surface area contributed by atoms with Crippen molar-refractivity contribution in [3.8, 4) is 0 Å². The van der Waals surface area contributed by atoms with Gasteiger partial charge in [0.2, 0.25) is 0 Å². The van der Waals surface area contributed by atoms with Gasteiger partial charge in [0, 0.05) is 11.3 Å². The summed E-state index contributed by atoms with van der Waals surface area (Å²) in [4.78, 5) is 71.7. The molecule has 0 aliphatic heterocycles. The molecule has 12 nitrogen and oxygen atoms in total. The van der Waals surface area contributed by atoms with Crippen molar-refractivity contribution >= 4 is 35.8 Å². The van der Waals surface area contributed by atoms with E-state index in [0.29, 0.717) is 55.3 Å². The van der Waals surface area contributed by atoms with Crippen molar-refractivity contribution in [2.24, 2.45) is 74.4 Å². The molecule has 12 saturated carbocycles. The molecule has 127 heavy (non-hydrogen) atoms. The molecule has 0 spiro atoms. The SMILES string of the molecule is CC.CC.CC.CC.CC.CC.CC(C)(C)OC(=O)C1(C(F)(F)F)CC2[CH-]C1CC2.CC(C)(C)OC(=O)C1(F)CC2[CH-]C1CC2.CC(C)(C)OC(=O)C1CC2[CH-]C1CC2.CC12CC[C-](C1)C(C(=O)OC(C)(C)C)(C(F)(F)F)C2.CC12CC[C-](C1)C(C(=O)OC(C)(C)C)C2.CC12CC[C-](C1)C(F)(C(=O)OC(C)(C)C)C2.[Rf].[Rf].[Rf].[Rf].[Rf].[Rf].[Rf].[Rf].[Rf].[Rf].[Rf].[Rf].[Rf].[Rf].[Rf].[Rf].[Rf].[Rf]. The second-order valence-corrected chi connectivity index (χ2v) is 37.8. The van der Waals surface area contributed by atoms with Crippen molar-refractivity contribution in [1.82, 2.24) is 0 Å². The van der Waals surface area contributed by atoms with Crippen LogP contribution in [0.3, 0.4) is 0 Å². The Kier molecular flexibility index (Phi) is 59.0. The molecule has 0 heterocycles. The quantitative estimate of drug-likeness (QED) is 0.107. The molecular weight excluding hydrogens is 6220 g/mol. The van der Waals surface area contributed by atoms with Crippen molar-refractivity contribution in [1.29, 1.82) is 0 Å². The first-order valence-electron chi connectivity index (χ1n) is 41.7. The van der Waals surface area contributed by atoms with Gasteiger partial charge in [-0.05, 0) is 137 Å². The third-order valence-electron chi connectivity index (χ3n) is 21.7. The number of ether oxygens (including phenoxy) is 6. The summed E-state index contributed by atoms with van der Waals surface area (Å²) in [6, 6.07) is 0. The molecule has 12 rings (SSSR count). The van der Waals surface area contributed by atoms with Gasteiger partial charge in [-0.3, -0.25) is 46.1 Å². The Bertz CT molecular complexity index is 2930. The average molecular weight is 6370 g/mol. The third kappa shape index (κ3) is 33.2. The van der Waals surface area contributed by atoms with E-state index in [0.717, 1.165) is 76.5 Å². The number of carbonyl (C=O) groups is 6. The summed E-state index contributed by atoms with van der Waals surface area (Å²) in [5, 5.41) is 0. The maximum absolute atomic E-state index is 14.7. The number of fused-ring (bicyclic) bond motifs is 12. The maximum atomic E-state index is 14.7. The van der Waals surface area contributed by atoms with Gasteiger partial charge in [0.1, 0.15) is 39.0 Å². The zero-order chi connectivity index (χ0) is 85.5. The summed E-state index contributed by atoms with van der Waals surface area (Å²) in [5.41, 5.74) is -11.9. The van der Waals surface area contributed by atoms with Crippen LogP contribution in [-0.4, -0.2) is 93.1 Å². The van der Waals surface area contributed by atoms with Crippen LogP contribution >= 0.6 is 0 Å². The van der Waals surface area contributed by atoms with Crippen LogP contribution in [0.1, 0.15) is 363 Å². The van der Waals surface area contributed by atoms with E-state index in [4.69, 9.17) is 28.4 Å². The minimum Gasteiger partial charge on any atom is -0.462 e. The number of halogens is 8. The van der Waals surface area contributed by atoms with Crippen LogP contribution in [0.25, 0.3) is 0 Å². The van der Waals surface area contributed by atoms with Crippen LogP contribution in [0.2, 0.25) is 0 Å². The van der Waals surface area contributed by atoms with Gasteiger partial charge in [-0.15, -0.1) is 11.8 Å². The van der Waals surface area contributed by atoms with Crippen LogP contribution in [-0.2, 0) is 57.2 Å². The van der Waals surface area contributed by atoms with E-state index in [1.165, 1.54) is 25.2 Å². The van der Waals surface area contributed by atoms with E-state index in [1.807, 2.05) is 138 Å². The fourth-order valence-corrected chi connectivity index (χ4v) is 17.6. The number of carbonyl (C=O) groups excluding carboxylic acids is 6. The van der Waals surface area contributed by atoms with E-state index in [9.17, 15) is 63.9 Å². The first-order chi connectivity index (χ1) is 49.7. The zero-order valence-electron chi connectivity index (χ0n) is 86.9. The van der Waals surface area contributed by atoms with E-state index in [-0.39, 0.29) is 71.0 Å². The Labute approximate surface area is 657 Å². The van der Waals surface area contributed by atoms with E-state index in [2.05, 4.69) is 20.3 Å². The largest absolute Gasteiger partial charge is 0.462 e. The van der Waals surface area contributed by atoms with Gasteiger partial charge in [-0.2, -0.15) is 88.5 Å². The van der Waals surface area contributed by atoms with Gasteiger partial charge in [0.25, 0.3) is 11.9 Å². The van der Waals surface area contributed by atoms with Gasteiger partial charge in [-0.25, -0.2) is 9.18 Å². The Morgan fingerprint density at radius 1 is 0.339 bits per heavy atom. The molecule has 0 aromatic carbocycles. The Morgan fingerprint density at radius 3 is 0.945 bits per heavy atom. The van der Waals surface area contributed by atoms with Gasteiger partial charge >= 0.3 is 36.2 Å². The van der Waals surface area contributed by atoms with E-state index in [1.54, 1.807) is 89.5 Å². The second kappa shape index (κ2) is 49.9. The molecule has 15 atom stereocenters. The normalized spacial score (nSPS) is 28.5. The molecule has 0 saturated heterocycles. The standard InChI is InChI=1S/C14H20F3O2.C13H18F3O2.C13H20FO2.C13H21O2.C12H18FO2.C12H19O2.6C2H6.18Rf/c1-11(2,3)19-10(18)13(14(15,16)17)8-12(4)6-5-9(13)7-12;1-11(2,3)18-10(17)12(13(14,15)16)7-8-4-5-9(12)6-8;1-11(2,3)16-10(15)13(14)8-12(4)6-5-9(13)7-12;1-12(2,3)15-11(14)10-8-13(4)6-5-9(10)7-13;1-11(2,3)15-10(14)12(13)7-8-4-5-9(12)6-8;1-12(2,3)14-11(13)10-7-8-4-5-9(10)6-8;6*1-2;;;;;;;;;;;;;;;;;;/h5-8H2,1-4H3;6,8-9H,4-5,7H2,1-3H3;5-8H2,1-4H3;10H,5-8H2,1-4H3;6,8-9H,4-5,7H2,1-3H3;6,8-10H,4-5,7H2,1-3H3;6*1-2H3;;;;;;;;;;;;;;;;;;/q6*-1;;;;;;;;;;;;;;;;;;;;;;;;. The Balaban J connectivity index is -0.0000000667. The van der Waals surface area contributed by atoms with Crippen molar-refractivity contribution in [2.75, 3.05) is 0 Å². The molecule has 0 aromatic rings. The molecule has 0 radical (unpaired) electrons. The van der Waals surface area contributed by atoms with Crippen LogP contribution in [0, 0.1) is 111 Å². The van der Waals surface area contributed by atoms with Crippen LogP contribution in [0.5, 0.6) is 0 Å². The molecule has 12 fully saturated rings. The van der Waals surface area contributed by atoms with E-state index >= 15 is 0 Å². The number of alkyl halides is 8. The maximum Gasteiger partial charge on any atom is 0.402 e. The molecule has 38 heteroatoms. The van der Waals surface area contributed by atoms with Gasteiger partial charge in [0.15, 0.2) is 5.67 Å². The van der Waals surface area contributed by atoms with Gasteiger partial charge in [-0.1, -0.05) is 209 Å². The van der Waals surface area contributed by atoms with E-state index < -0.39 is 92.1 Å². The van der Waals surface area contributed by atoms with Crippen molar-refractivity contribution in [3.63, 3.8) is 0 Å². The first-order valence-corrected chi connectivity index (χ1v) is 41.7. The summed E-state index contributed by atoms with van der Waals surface area (Å²) in [7, 11) is 0. The monoisotopic (exact) mass is 6370 g/mol. The number of esters is 6. The Hall–Kier alpha value is -21.7. The van der Waals surface area contributed by atoms with Crippen LogP contribution in [0.15, 0.2) is 0 Å².